The molecule has 2 heteroatoms. The van der Waals surface area contributed by atoms with Gasteiger partial charge in [0.2, 0.25) is 0 Å². The van der Waals surface area contributed by atoms with Gasteiger partial charge in [-0.15, -0.1) is 0 Å². The Hall–Kier alpha value is -2.74. The van der Waals surface area contributed by atoms with Crippen molar-refractivity contribution < 1.29 is 9.84 Å². The molecule has 0 saturated carbocycles. The van der Waals surface area contributed by atoms with Gasteiger partial charge < -0.3 is 9.84 Å². The fourth-order valence-electron chi connectivity index (χ4n) is 3.18. The molecule has 2 nitrogen and oxygen atoms in total. The Bertz CT molecular complexity index is 820. The van der Waals surface area contributed by atoms with Crippen molar-refractivity contribution in [1.29, 1.82) is 0 Å². The van der Waals surface area contributed by atoms with E-state index in [2.05, 4.69) is 32.0 Å². The molecule has 134 valence electrons. The van der Waals surface area contributed by atoms with Crippen LogP contribution in [0.2, 0.25) is 0 Å². The average Bonchev–Trinajstić information content (AvgIpc) is 2.63. The Morgan fingerprint density at radius 3 is 2.23 bits per heavy atom. The second kappa shape index (κ2) is 8.09. The van der Waals surface area contributed by atoms with Crippen LogP contribution in [-0.4, -0.2) is 5.11 Å². The van der Waals surface area contributed by atoms with Crippen LogP contribution in [0.5, 0.6) is 17.2 Å². The van der Waals surface area contributed by atoms with E-state index >= 15 is 0 Å². The molecule has 0 aliphatic heterocycles. The highest BCUT2D eigenvalue weighted by Gasteiger charge is 2.20. The minimum absolute atomic E-state index is 0.0891. The first-order chi connectivity index (χ1) is 12.5. The fraction of sp³-hybridized carbons (Fsp3) is 0.250. The molecule has 0 amide bonds. The maximum atomic E-state index is 9.47. The topological polar surface area (TPSA) is 29.5 Å². The quantitative estimate of drug-likeness (QED) is 0.530. The van der Waals surface area contributed by atoms with Gasteiger partial charge in [-0.05, 0) is 72.2 Å². The molecule has 3 aromatic rings. The van der Waals surface area contributed by atoms with E-state index in [1.54, 1.807) is 12.1 Å². The maximum Gasteiger partial charge on any atom is 0.127 e. The van der Waals surface area contributed by atoms with Crippen LogP contribution >= 0.6 is 0 Å². The van der Waals surface area contributed by atoms with Gasteiger partial charge in [0.25, 0.3) is 0 Å². The third-order valence-electron chi connectivity index (χ3n) is 4.79. The monoisotopic (exact) mass is 346 g/mol. The van der Waals surface area contributed by atoms with Crippen molar-refractivity contribution >= 4 is 0 Å². The van der Waals surface area contributed by atoms with Gasteiger partial charge in [0.05, 0.1) is 0 Å². The number of hydrogen-bond donors (Lipinski definition) is 1. The normalized spacial score (nSPS) is 11.3. The first kappa shape index (κ1) is 18.1. The highest BCUT2D eigenvalue weighted by molar-refractivity contribution is 5.34. The Labute approximate surface area is 156 Å². The van der Waals surface area contributed by atoms with Gasteiger partial charge >= 0.3 is 0 Å². The lowest BCUT2D eigenvalue weighted by Crippen LogP contribution is -2.17. The van der Waals surface area contributed by atoms with Crippen LogP contribution in [0.3, 0.4) is 0 Å². The minimum Gasteiger partial charge on any atom is -0.508 e. The van der Waals surface area contributed by atoms with Crippen molar-refractivity contribution in [3.63, 3.8) is 0 Å². The van der Waals surface area contributed by atoms with E-state index in [1.165, 1.54) is 11.1 Å². The second-order valence-electron chi connectivity index (χ2n) is 7.35. The molecule has 0 radical (unpaired) electrons. The number of para-hydroxylation sites is 1. The summed E-state index contributed by atoms with van der Waals surface area (Å²) in [6, 6.07) is 25.8. The second-order valence-corrected chi connectivity index (χ2v) is 7.35. The molecule has 0 aliphatic rings. The largest absolute Gasteiger partial charge is 0.508 e. The predicted molar refractivity (Wildman–Crippen MR) is 107 cm³/mol. The molecule has 0 aromatic heterocycles. The molecule has 0 aliphatic carbocycles. The zero-order chi connectivity index (χ0) is 18.4. The van der Waals surface area contributed by atoms with Gasteiger partial charge in [-0.1, -0.05) is 56.3 Å². The molecule has 26 heavy (non-hydrogen) atoms. The fourth-order valence-corrected chi connectivity index (χ4v) is 3.18. The van der Waals surface area contributed by atoms with Crippen molar-refractivity contribution in [3.8, 4) is 17.2 Å². The lowest BCUT2D eigenvalue weighted by Gasteiger charge is -2.25. The molecular formula is C24H26O2. The zero-order valence-corrected chi connectivity index (χ0v) is 15.5. The number of aryl methyl sites for hydroxylation is 1. The van der Waals surface area contributed by atoms with Gasteiger partial charge in [0.15, 0.2) is 0 Å². The standard InChI is InChI=1S/C24H26O2/c1-24(2,20-13-15-21(25)16-14-20)17-7-9-19-8-6-12-23(18-19)26-22-10-4-3-5-11-22/h3-6,8,10-16,18,25H,7,9,17H2,1-2H3. The van der Waals surface area contributed by atoms with Crippen LogP contribution in [-0.2, 0) is 11.8 Å². The van der Waals surface area contributed by atoms with Crippen molar-refractivity contribution in [3.05, 3.63) is 90.0 Å². The number of phenols is 1. The third kappa shape index (κ3) is 4.89. The van der Waals surface area contributed by atoms with Gasteiger partial charge in [-0.3, -0.25) is 0 Å². The maximum absolute atomic E-state index is 9.47. The van der Waals surface area contributed by atoms with E-state index in [0.717, 1.165) is 30.8 Å². The summed E-state index contributed by atoms with van der Waals surface area (Å²) in [4.78, 5) is 0. The van der Waals surface area contributed by atoms with Gasteiger partial charge in [-0.25, -0.2) is 0 Å². The van der Waals surface area contributed by atoms with E-state index in [0.29, 0.717) is 5.75 Å². The summed E-state index contributed by atoms with van der Waals surface area (Å²) in [7, 11) is 0. The molecule has 0 heterocycles. The summed E-state index contributed by atoms with van der Waals surface area (Å²) in [5.74, 6) is 2.06. The highest BCUT2D eigenvalue weighted by atomic mass is 16.5. The Balaban J connectivity index is 1.58. The molecule has 1 N–H and O–H groups in total. The zero-order valence-electron chi connectivity index (χ0n) is 15.5. The first-order valence-corrected chi connectivity index (χ1v) is 9.14. The molecule has 0 atom stereocenters. The summed E-state index contributed by atoms with van der Waals surface area (Å²) >= 11 is 0. The van der Waals surface area contributed by atoms with Gasteiger partial charge in [0.1, 0.15) is 17.2 Å². The molecule has 0 saturated heterocycles. The van der Waals surface area contributed by atoms with Crippen LogP contribution in [0.4, 0.5) is 0 Å². The lowest BCUT2D eigenvalue weighted by atomic mass is 9.80. The Kier molecular flexibility index (Phi) is 5.62. The van der Waals surface area contributed by atoms with Crippen LogP contribution in [0.15, 0.2) is 78.9 Å². The molecule has 0 bridgehead atoms. The molecule has 0 fully saturated rings. The SMILES string of the molecule is CC(C)(CCCc1cccc(Oc2ccccc2)c1)c1ccc(O)cc1. The average molecular weight is 346 g/mol. The summed E-state index contributed by atoms with van der Waals surface area (Å²) in [5.41, 5.74) is 2.64. The molecule has 3 rings (SSSR count). The summed E-state index contributed by atoms with van der Waals surface area (Å²) < 4.78 is 5.92. The number of phenolic OH excluding ortho intramolecular Hbond substituents is 1. The number of hydrogen-bond acceptors (Lipinski definition) is 2. The number of ether oxygens (including phenoxy) is 1. The highest BCUT2D eigenvalue weighted by Crippen LogP contribution is 2.30. The van der Waals surface area contributed by atoms with E-state index in [-0.39, 0.29) is 5.41 Å². The number of aromatic hydroxyl groups is 1. The molecular weight excluding hydrogens is 320 g/mol. The van der Waals surface area contributed by atoms with Crippen LogP contribution in [0.1, 0.15) is 37.8 Å². The Morgan fingerprint density at radius 2 is 1.50 bits per heavy atom. The smallest absolute Gasteiger partial charge is 0.127 e. The predicted octanol–water partition coefficient (Wildman–Crippen LogP) is 6.49. The first-order valence-electron chi connectivity index (χ1n) is 9.14. The lowest BCUT2D eigenvalue weighted by molar-refractivity contribution is 0.455. The Morgan fingerprint density at radius 1 is 0.808 bits per heavy atom. The van der Waals surface area contributed by atoms with Crippen molar-refractivity contribution in [2.24, 2.45) is 0 Å². The van der Waals surface area contributed by atoms with Crippen LogP contribution < -0.4 is 4.74 Å². The molecule has 0 unspecified atom stereocenters. The minimum atomic E-state index is 0.0891. The van der Waals surface area contributed by atoms with E-state index in [9.17, 15) is 5.11 Å². The molecule has 0 spiro atoms. The van der Waals surface area contributed by atoms with Gasteiger partial charge in [0, 0.05) is 0 Å². The van der Waals surface area contributed by atoms with Crippen molar-refractivity contribution in [2.45, 2.75) is 38.5 Å². The van der Waals surface area contributed by atoms with E-state index < -0.39 is 0 Å². The van der Waals surface area contributed by atoms with Crippen LogP contribution in [0, 0.1) is 0 Å². The summed E-state index contributed by atoms with van der Waals surface area (Å²) in [6.45, 7) is 4.52. The van der Waals surface area contributed by atoms with Crippen molar-refractivity contribution in [1.82, 2.24) is 0 Å². The van der Waals surface area contributed by atoms with E-state index in [1.807, 2.05) is 48.5 Å². The number of rotatable bonds is 7. The van der Waals surface area contributed by atoms with Crippen LogP contribution in [0.25, 0.3) is 0 Å². The summed E-state index contributed by atoms with van der Waals surface area (Å²) in [5, 5.41) is 9.47. The van der Waals surface area contributed by atoms with E-state index in [4.69, 9.17) is 4.74 Å². The van der Waals surface area contributed by atoms with Gasteiger partial charge in [-0.2, -0.15) is 0 Å². The summed E-state index contributed by atoms with van der Waals surface area (Å²) in [6.07, 6.45) is 3.21. The molecule has 3 aromatic carbocycles. The third-order valence-corrected chi connectivity index (χ3v) is 4.79. The van der Waals surface area contributed by atoms with Crippen molar-refractivity contribution in [2.75, 3.05) is 0 Å². The number of benzene rings is 3.